The molecule has 26 heavy (non-hydrogen) atoms. The standard InChI is InChI=1S/C18H20BrNO5S/c1-14-3-9-17(10-4-14)26(22,23)20(2)13-18(21)25-12-11-24-16-7-5-15(19)6-8-16/h3-10H,11-13H2,1-2H3. The summed E-state index contributed by atoms with van der Waals surface area (Å²) in [4.78, 5) is 12.0. The number of esters is 1. The maximum absolute atomic E-state index is 12.4. The van der Waals surface area contributed by atoms with E-state index < -0.39 is 16.0 Å². The van der Waals surface area contributed by atoms with Gasteiger partial charge in [-0.1, -0.05) is 33.6 Å². The first-order valence-corrected chi connectivity index (χ1v) is 10.1. The highest BCUT2D eigenvalue weighted by Crippen LogP contribution is 2.16. The SMILES string of the molecule is Cc1ccc(S(=O)(=O)N(C)CC(=O)OCCOc2ccc(Br)cc2)cc1. The maximum atomic E-state index is 12.4. The summed E-state index contributed by atoms with van der Waals surface area (Å²) in [6, 6.07) is 13.7. The molecule has 6 nitrogen and oxygen atoms in total. The smallest absolute Gasteiger partial charge is 0.321 e. The van der Waals surface area contributed by atoms with Crippen molar-refractivity contribution >= 4 is 31.9 Å². The minimum absolute atomic E-state index is 0.0350. The van der Waals surface area contributed by atoms with Crippen LogP contribution in [0.4, 0.5) is 0 Å². The van der Waals surface area contributed by atoms with Gasteiger partial charge in [0.2, 0.25) is 10.0 Å². The van der Waals surface area contributed by atoms with Crippen molar-refractivity contribution in [2.45, 2.75) is 11.8 Å². The third-order valence-corrected chi connectivity index (χ3v) is 5.86. The van der Waals surface area contributed by atoms with Gasteiger partial charge in [0.25, 0.3) is 0 Å². The molecule has 8 heteroatoms. The molecule has 0 aromatic heterocycles. The van der Waals surface area contributed by atoms with Crippen LogP contribution >= 0.6 is 15.9 Å². The number of carbonyl (C=O) groups is 1. The van der Waals surface area contributed by atoms with Crippen LogP contribution in [0.3, 0.4) is 0 Å². The molecule has 0 aliphatic carbocycles. The molecule has 0 saturated heterocycles. The number of hydrogen-bond donors (Lipinski definition) is 0. The second-order valence-electron chi connectivity index (χ2n) is 5.60. The molecule has 2 aromatic carbocycles. The number of nitrogens with zero attached hydrogens (tertiary/aromatic N) is 1. The average Bonchev–Trinajstić information content (AvgIpc) is 2.60. The lowest BCUT2D eigenvalue weighted by atomic mass is 10.2. The molecule has 0 fully saturated rings. The van der Waals surface area contributed by atoms with Crippen molar-refractivity contribution in [1.82, 2.24) is 4.31 Å². The Hall–Kier alpha value is -1.90. The fourth-order valence-electron chi connectivity index (χ4n) is 2.05. The molecule has 0 radical (unpaired) electrons. The van der Waals surface area contributed by atoms with Crippen molar-refractivity contribution in [1.29, 1.82) is 0 Å². The number of rotatable bonds is 8. The molecule has 0 spiro atoms. The Morgan fingerprint density at radius 1 is 1.04 bits per heavy atom. The predicted molar refractivity (Wildman–Crippen MR) is 102 cm³/mol. The van der Waals surface area contributed by atoms with Gasteiger partial charge in [-0.3, -0.25) is 4.79 Å². The number of aryl methyl sites for hydroxylation is 1. The first-order valence-electron chi connectivity index (χ1n) is 7.86. The highest BCUT2D eigenvalue weighted by molar-refractivity contribution is 9.10. The van der Waals surface area contributed by atoms with Gasteiger partial charge in [0.15, 0.2) is 0 Å². The van der Waals surface area contributed by atoms with Crippen LogP contribution in [-0.2, 0) is 19.6 Å². The summed E-state index contributed by atoms with van der Waals surface area (Å²) < 4.78 is 37.2. The van der Waals surface area contributed by atoms with E-state index in [1.165, 1.54) is 19.2 Å². The Bertz CT molecular complexity index is 835. The van der Waals surface area contributed by atoms with E-state index in [2.05, 4.69) is 15.9 Å². The van der Waals surface area contributed by atoms with Crippen molar-refractivity contribution in [3.63, 3.8) is 0 Å². The normalized spacial score (nSPS) is 11.4. The molecule has 0 atom stereocenters. The monoisotopic (exact) mass is 441 g/mol. The first kappa shape index (κ1) is 20.4. The summed E-state index contributed by atoms with van der Waals surface area (Å²) in [5.74, 6) is 0.0194. The van der Waals surface area contributed by atoms with Gasteiger partial charge < -0.3 is 9.47 Å². The molecule has 0 N–H and O–H groups in total. The molecule has 0 heterocycles. The maximum Gasteiger partial charge on any atom is 0.321 e. The molecule has 0 bridgehead atoms. The van der Waals surface area contributed by atoms with E-state index in [1.54, 1.807) is 24.3 Å². The average molecular weight is 442 g/mol. The molecule has 140 valence electrons. The fraction of sp³-hybridized carbons (Fsp3) is 0.278. The topological polar surface area (TPSA) is 72.9 Å². The van der Waals surface area contributed by atoms with Gasteiger partial charge >= 0.3 is 5.97 Å². The van der Waals surface area contributed by atoms with E-state index in [4.69, 9.17) is 9.47 Å². The van der Waals surface area contributed by atoms with Crippen molar-refractivity contribution in [2.75, 3.05) is 26.8 Å². The van der Waals surface area contributed by atoms with Crippen LogP contribution in [0, 0.1) is 6.92 Å². The summed E-state index contributed by atoms with van der Waals surface area (Å²) in [7, 11) is -2.39. The highest BCUT2D eigenvalue weighted by atomic mass is 79.9. The molecule has 0 amide bonds. The quantitative estimate of drug-likeness (QED) is 0.464. The van der Waals surface area contributed by atoms with Crippen LogP contribution in [0.25, 0.3) is 0 Å². The Labute approximate surface area is 161 Å². The Morgan fingerprint density at radius 2 is 1.65 bits per heavy atom. The highest BCUT2D eigenvalue weighted by Gasteiger charge is 2.23. The van der Waals surface area contributed by atoms with E-state index >= 15 is 0 Å². The van der Waals surface area contributed by atoms with Crippen LogP contribution in [0.1, 0.15) is 5.56 Å². The number of ether oxygens (including phenoxy) is 2. The summed E-state index contributed by atoms with van der Waals surface area (Å²) in [5.41, 5.74) is 0.955. The van der Waals surface area contributed by atoms with E-state index in [1.807, 2.05) is 19.1 Å². The molecular weight excluding hydrogens is 422 g/mol. The zero-order valence-electron chi connectivity index (χ0n) is 14.5. The summed E-state index contributed by atoms with van der Waals surface area (Å²) in [6.45, 7) is 1.72. The van der Waals surface area contributed by atoms with Gasteiger partial charge in [0.05, 0.1) is 4.90 Å². The van der Waals surface area contributed by atoms with E-state index in [0.29, 0.717) is 5.75 Å². The Balaban J connectivity index is 1.79. The van der Waals surface area contributed by atoms with E-state index in [-0.39, 0.29) is 24.7 Å². The van der Waals surface area contributed by atoms with Crippen LogP contribution in [0.5, 0.6) is 5.75 Å². The van der Waals surface area contributed by atoms with Crippen molar-refractivity contribution in [3.05, 3.63) is 58.6 Å². The lowest BCUT2D eigenvalue weighted by Crippen LogP contribution is -2.33. The van der Waals surface area contributed by atoms with Crippen molar-refractivity contribution in [3.8, 4) is 5.75 Å². The van der Waals surface area contributed by atoms with Crippen LogP contribution in [0.2, 0.25) is 0 Å². The summed E-state index contributed by atoms with van der Waals surface area (Å²) in [6.07, 6.45) is 0. The Morgan fingerprint density at radius 3 is 2.27 bits per heavy atom. The first-order chi connectivity index (χ1) is 12.3. The lowest BCUT2D eigenvalue weighted by Gasteiger charge is -2.16. The number of halogens is 1. The fourth-order valence-corrected chi connectivity index (χ4v) is 3.43. The molecule has 0 aliphatic heterocycles. The van der Waals surface area contributed by atoms with E-state index in [0.717, 1.165) is 14.3 Å². The van der Waals surface area contributed by atoms with Crippen molar-refractivity contribution < 1.29 is 22.7 Å². The minimum atomic E-state index is -3.73. The second kappa shape index (κ2) is 9.16. The number of benzene rings is 2. The lowest BCUT2D eigenvalue weighted by molar-refractivity contribution is -0.144. The van der Waals surface area contributed by atoms with Crippen molar-refractivity contribution in [2.24, 2.45) is 0 Å². The van der Waals surface area contributed by atoms with E-state index in [9.17, 15) is 13.2 Å². The molecule has 2 aromatic rings. The minimum Gasteiger partial charge on any atom is -0.490 e. The number of sulfonamides is 1. The van der Waals surface area contributed by atoms with Gasteiger partial charge in [0, 0.05) is 11.5 Å². The van der Waals surface area contributed by atoms with Crippen LogP contribution < -0.4 is 4.74 Å². The van der Waals surface area contributed by atoms with Crippen LogP contribution in [-0.4, -0.2) is 45.5 Å². The number of carbonyl (C=O) groups excluding carboxylic acids is 1. The zero-order valence-corrected chi connectivity index (χ0v) is 16.9. The third-order valence-electron chi connectivity index (χ3n) is 3.51. The van der Waals surface area contributed by atoms with Gasteiger partial charge in [-0.2, -0.15) is 4.31 Å². The molecule has 0 unspecified atom stereocenters. The largest absolute Gasteiger partial charge is 0.490 e. The molecule has 0 aliphatic rings. The Kier molecular flexibility index (Phi) is 7.19. The van der Waals surface area contributed by atoms with Crippen LogP contribution in [0.15, 0.2) is 57.9 Å². The third kappa shape index (κ3) is 5.82. The van der Waals surface area contributed by atoms with Gasteiger partial charge in [0.1, 0.15) is 25.5 Å². The number of likely N-dealkylation sites (N-methyl/N-ethyl adjacent to an activating group) is 1. The second-order valence-corrected chi connectivity index (χ2v) is 8.56. The van der Waals surface area contributed by atoms with Gasteiger partial charge in [-0.25, -0.2) is 8.42 Å². The zero-order chi connectivity index (χ0) is 19.2. The summed E-state index contributed by atoms with van der Waals surface area (Å²) in [5, 5.41) is 0. The predicted octanol–water partition coefficient (Wildman–Crippen LogP) is 3.00. The number of hydrogen-bond acceptors (Lipinski definition) is 5. The summed E-state index contributed by atoms with van der Waals surface area (Å²) >= 11 is 3.33. The molecular formula is C18H20BrNO5S. The molecule has 0 saturated carbocycles. The molecule has 2 rings (SSSR count). The van der Waals surface area contributed by atoms with Gasteiger partial charge in [-0.15, -0.1) is 0 Å². The van der Waals surface area contributed by atoms with Gasteiger partial charge in [-0.05, 0) is 43.3 Å².